The van der Waals surface area contributed by atoms with E-state index < -0.39 is 10.8 Å². The number of hydrogen-bond acceptors (Lipinski definition) is 5. The molecule has 0 bridgehead atoms. The van der Waals surface area contributed by atoms with Crippen molar-refractivity contribution >= 4 is 16.5 Å². The Morgan fingerprint density at radius 1 is 1.47 bits per heavy atom. The second-order valence-corrected chi connectivity index (χ2v) is 6.79. The van der Waals surface area contributed by atoms with Crippen molar-refractivity contribution in [3.05, 3.63) is 18.3 Å². The highest BCUT2D eigenvalue weighted by Crippen LogP contribution is 2.36. The average molecular weight is 282 g/mol. The normalized spacial score (nSPS) is 32.5. The number of aromatic nitrogens is 1. The average Bonchev–Trinajstić information content (AvgIpc) is 2.86. The molecule has 3 heterocycles. The number of anilines is 1. The SMILES string of the molecule is Nc1cccnc1S(=O)C1CCOC2(CCOC2)C1. The molecule has 0 radical (unpaired) electrons. The zero-order valence-corrected chi connectivity index (χ0v) is 11.5. The van der Waals surface area contributed by atoms with Crippen LogP contribution in [0.2, 0.25) is 0 Å². The van der Waals surface area contributed by atoms with Gasteiger partial charge in [0.15, 0.2) is 0 Å². The van der Waals surface area contributed by atoms with Crippen molar-refractivity contribution in [2.24, 2.45) is 0 Å². The summed E-state index contributed by atoms with van der Waals surface area (Å²) in [5.74, 6) is 0. The van der Waals surface area contributed by atoms with Crippen LogP contribution in [-0.4, -0.2) is 39.9 Å². The first-order valence-electron chi connectivity index (χ1n) is 6.53. The topological polar surface area (TPSA) is 74.4 Å². The minimum atomic E-state index is -1.18. The second-order valence-electron chi connectivity index (χ2n) is 5.14. The van der Waals surface area contributed by atoms with E-state index in [1.165, 1.54) is 0 Å². The van der Waals surface area contributed by atoms with Crippen LogP contribution in [0.3, 0.4) is 0 Å². The number of nitrogens with two attached hydrogens (primary N) is 1. The zero-order chi connectivity index (χ0) is 13.3. The summed E-state index contributed by atoms with van der Waals surface area (Å²) < 4.78 is 23.9. The van der Waals surface area contributed by atoms with Crippen LogP contribution in [0.15, 0.2) is 23.4 Å². The van der Waals surface area contributed by atoms with Crippen LogP contribution in [0, 0.1) is 0 Å². The van der Waals surface area contributed by atoms with Gasteiger partial charge in [-0.05, 0) is 25.0 Å². The number of ether oxygens (including phenoxy) is 2. The van der Waals surface area contributed by atoms with Crippen LogP contribution in [0.4, 0.5) is 5.69 Å². The van der Waals surface area contributed by atoms with E-state index in [1.54, 1.807) is 18.3 Å². The number of hydrogen-bond donors (Lipinski definition) is 1. The van der Waals surface area contributed by atoms with Crippen molar-refractivity contribution in [1.82, 2.24) is 4.98 Å². The molecule has 0 amide bonds. The Balaban J connectivity index is 1.78. The van der Waals surface area contributed by atoms with Crippen molar-refractivity contribution in [3.8, 4) is 0 Å². The van der Waals surface area contributed by atoms with Crippen molar-refractivity contribution in [2.45, 2.75) is 35.1 Å². The first kappa shape index (κ1) is 13.0. The molecule has 6 heteroatoms. The van der Waals surface area contributed by atoms with Gasteiger partial charge in [-0.15, -0.1) is 0 Å². The molecule has 19 heavy (non-hydrogen) atoms. The third kappa shape index (κ3) is 2.52. The Labute approximate surface area is 115 Å². The first-order chi connectivity index (χ1) is 9.20. The Bertz CT molecular complexity index is 489. The molecular weight excluding hydrogens is 264 g/mol. The highest BCUT2D eigenvalue weighted by molar-refractivity contribution is 7.85. The largest absolute Gasteiger partial charge is 0.396 e. The maximum absolute atomic E-state index is 12.6. The minimum absolute atomic E-state index is 0.0487. The van der Waals surface area contributed by atoms with Crippen LogP contribution >= 0.6 is 0 Å². The number of rotatable bonds is 2. The second kappa shape index (κ2) is 5.19. The summed E-state index contributed by atoms with van der Waals surface area (Å²) in [5, 5.41) is 0.552. The van der Waals surface area contributed by atoms with Gasteiger partial charge in [0, 0.05) is 31.1 Å². The summed E-state index contributed by atoms with van der Waals surface area (Å²) >= 11 is 0. The van der Waals surface area contributed by atoms with Gasteiger partial charge in [-0.3, -0.25) is 4.21 Å². The summed E-state index contributed by atoms with van der Waals surface area (Å²) in [7, 11) is -1.18. The standard InChI is InChI=1S/C13H18N2O3S/c14-11-2-1-5-15-12(11)19(16)10-3-6-18-13(8-10)4-7-17-9-13/h1-2,5,10H,3-4,6-9,14H2. The fourth-order valence-electron chi connectivity index (χ4n) is 2.76. The fourth-order valence-corrected chi connectivity index (χ4v) is 4.30. The van der Waals surface area contributed by atoms with Gasteiger partial charge in [0.25, 0.3) is 0 Å². The fraction of sp³-hybridized carbons (Fsp3) is 0.615. The molecule has 0 aromatic carbocycles. The molecule has 3 rings (SSSR count). The van der Waals surface area contributed by atoms with E-state index in [4.69, 9.17) is 15.2 Å². The van der Waals surface area contributed by atoms with Crippen molar-refractivity contribution in [1.29, 1.82) is 0 Å². The molecule has 104 valence electrons. The number of nitrogen functional groups attached to an aromatic ring is 1. The van der Waals surface area contributed by atoms with Gasteiger partial charge in [0.1, 0.15) is 5.03 Å². The summed E-state index contributed by atoms with van der Waals surface area (Å²) in [6, 6.07) is 3.50. The monoisotopic (exact) mass is 282 g/mol. The van der Waals surface area contributed by atoms with Crippen LogP contribution in [0.25, 0.3) is 0 Å². The Kier molecular flexibility index (Phi) is 3.56. The smallest absolute Gasteiger partial charge is 0.150 e. The summed E-state index contributed by atoms with van der Waals surface area (Å²) in [4.78, 5) is 4.17. The predicted molar refractivity (Wildman–Crippen MR) is 72.2 cm³/mol. The van der Waals surface area contributed by atoms with Crippen LogP contribution in [0.5, 0.6) is 0 Å². The van der Waals surface area contributed by atoms with E-state index in [9.17, 15) is 4.21 Å². The van der Waals surface area contributed by atoms with Gasteiger partial charge in [0.05, 0.1) is 28.7 Å². The van der Waals surface area contributed by atoms with Crippen LogP contribution < -0.4 is 5.73 Å². The maximum Gasteiger partial charge on any atom is 0.150 e. The van der Waals surface area contributed by atoms with Gasteiger partial charge in [0.2, 0.25) is 0 Å². The molecule has 2 aliphatic rings. The lowest BCUT2D eigenvalue weighted by Gasteiger charge is -2.36. The van der Waals surface area contributed by atoms with Crippen LogP contribution in [-0.2, 0) is 20.3 Å². The first-order valence-corrected chi connectivity index (χ1v) is 7.74. The highest BCUT2D eigenvalue weighted by Gasteiger charge is 2.43. The van der Waals surface area contributed by atoms with Crippen molar-refractivity contribution in [2.75, 3.05) is 25.6 Å². The lowest BCUT2D eigenvalue weighted by molar-refractivity contribution is -0.0774. The zero-order valence-electron chi connectivity index (χ0n) is 10.7. The molecule has 1 spiro atoms. The highest BCUT2D eigenvalue weighted by atomic mass is 32.2. The predicted octanol–water partition coefficient (Wildman–Crippen LogP) is 1.11. The quantitative estimate of drug-likeness (QED) is 0.879. The molecule has 0 saturated carbocycles. The Hall–Kier alpha value is -0.980. The van der Waals surface area contributed by atoms with Gasteiger partial charge >= 0.3 is 0 Å². The lowest BCUT2D eigenvalue weighted by atomic mass is 9.93. The molecule has 2 N–H and O–H groups in total. The van der Waals surface area contributed by atoms with E-state index in [-0.39, 0.29) is 10.9 Å². The molecule has 0 aliphatic carbocycles. The van der Waals surface area contributed by atoms with E-state index >= 15 is 0 Å². The molecule has 2 saturated heterocycles. The van der Waals surface area contributed by atoms with E-state index in [0.717, 1.165) is 25.9 Å². The molecule has 1 aromatic heterocycles. The van der Waals surface area contributed by atoms with Gasteiger partial charge < -0.3 is 15.2 Å². The van der Waals surface area contributed by atoms with E-state index in [0.29, 0.717) is 23.9 Å². The van der Waals surface area contributed by atoms with Gasteiger partial charge in [-0.25, -0.2) is 4.98 Å². The van der Waals surface area contributed by atoms with Crippen LogP contribution in [0.1, 0.15) is 19.3 Å². The lowest BCUT2D eigenvalue weighted by Crippen LogP contribution is -2.43. The van der Waals surface area contributed by atoms with Gasteiger partial charge in [-0.2, -0.15) is 0 Å². The molecule has 5 nitrogen and oxygen atoms in total. The molecule has 3 unspecified atom stereocenters. The molecule has 1 aromatic rings. The Morgan fingerprint density at radius 2 is 2.37 bits per heavy atom. The molecule has 3 atom stereocenters. The van der Waals surface area contributed by atoms with E-state index in [2.05, 4.69) is 4.98 Å². The summed E-state index contributed by atoms with van der Waals surface area (Å²) in [6.07, 6.45) is 4.07. The minimum Gasteiger partial charge on any atom is -0.396 e. The van der Waals surface area contributed by atoms with Gasteiger partial charge in [-0.1, -0.05) is 0 Å². The van der Waals surface area contributed by atoms with E-state index in [1.807, 2.05) is 0 Å². The third-order valence-corrected chi connectivity index (χ3v) is 5.54. The third-order valence-electron chi connectivity index (χ3n) is 3.81. The summed E-state index contributed by atoms with van der Waals surface area (Å²) in [6.45, 7) is 1.97. The molecule has 2 fully saturated rings. The maximum atomic E-state index is 12.6. The Morgan fingerprint density at radius 3 is 3.11 bits per heavy atom. The summed E-state index contributed by atoms with van der Waals surface area (Å²) in [5.41, 5.74) is 6.13. The van der Waals surface area contributed by atoms with Crippen molar-refractivity contribution < 1.29 is 13.7 Å². The molecular formula is C13H18N2O3S. The van der Waals surface area contributed by atoms with Crippen molar-refractivity contribution in [3.63, 3.8) is 0 Å². The number of nitrogens with zero attached hydrogens (tertiary/aromatic N) is 1. The molecule has 2 aliphatic heterocycles. The number of pyridine rings is 1.